The highest BCUT2D eigenvalue weighted by Gasteiger charge is 2.26. The smallest absolute Gasteiger partial charge is 0.407 e. The molecule has 0 aromatic carbocycles. The Bertz CT molecular complexity index is 306. The number of carbonyl (C=O) groups is 2. The molecule has 1 rings (SSSR count). The van der Waals surface area contributed by atoms with Crippen molar-refractivity contribution < 1.29 is 19.4 Å². The van der Waals surface area contributed by atoms with E-state index >= 15 is 0 Å². The van der Waals surface area contributed by atoms with Crippen LogP contribution in [0.1, 0.15) is 26.7 Å². The lowest BCUT2D eigenvalue weighted by Gasteiger charge is -2.21. The normalized spacial score (nSPS) is 21.9. The van der Waals surface area contributed by atoms with Crippen LogP contribution in [0.15, 0.2) is 0 Å². The second-order valence-corrected chi connectivity index (χ2v) is 5.08. The Balaban J connectivity index is 2.34. The Morgan fingerprint density at radius 3 is 2.61 bits per heavy atom. The SMILES string of the molecule is CC(C)[C@H](NC(=O)OCC1CCCN1C)C(=O)O. The van der Waals surface area contributed by atoms with Gasteiger partial charge in [-0.3, -0.25) is 0 Å². The molecule has 1 fully saturated rings. The van der Waals surface area contributed by atoms with Crippen LogP contribution in [0, 0.1) is 5.92 Å². The number of nitrogens with one attached hydrogen (secondary N) is 1. The van der Waals surface area contributed by atoms with Crippen LogP contribution in [-0.2, 0) is 9.53 Å². The van der Waals surface area contributed by atoms with Gasteiger partial charge in [0, 0.05) is 6.04 Å². The summed E-state index contributed by atoms with van der Waals surface area (Å²) in [5, 5.41) is 11.3. The summed E-state index contributed by atoms with van der Waals surface area (Å²) in [5.41, 5.74) is 0. The molecule has 104 valence electrons. The minimum atomic E-state index is -1.04. The quantitative estimate of drug-likeness (QED) is 0.766. The maximum Gasteiger partial charge on any atom is 0.407 e. The van der Waals surface area contributed by atoms with Gasteiger partial charge in [0.05, 0.1) is 0 Å². The zero-order valence-corrected chi connectivity index (χ0v) is 11.2. The minimum absolute atomic E-state index is 0.177. The van der Waals surface area contributed by atoms with Crippen molar-refractivity contribution in [1.82, 2.24) is 10.2 Å². The average molecular weight is 258 g/mol. The Morgan fingerprint density at radius 1 is 1.50 bits per heavy atom. The summed E-state index contributed by atoms with van der Waals surface area (Å²) >= 11 is 0. The largest absolute Gasteiger partial charge is 0.480 e. The maximum absolute atomic E-state index is 11.5. The van der Waals surface area contributed by atoms with Gasteiger partial charge in [0.2, 0.25) is 0 Å². The number of hydrogen-bond acceptors (Lipinski definition) is 4. The van der Waals surface area contributed by atoms with Gasteiger partial charge in [0.1, 0.15) is 12.6 Å². The van der Waals surface area contributed by atoms with Crippen LogP contribution in [0.3, 0.4) is 0 Å². The number of ether oxygens (including phenoxy) is 1. The number of aliphatic carboxylic acids is 1. The summed E-state index contributed by atoms with van der Waals surface area (Å²) in [6, 6.07) is -0.656. The number of hydrogen-bond donors (Lipinski definition) is 2. The number of likely N-dealkylation sites (tertiary alicyclic amines) is 1. The number of likely N-dealkylation sites (N-methyl/N-ethyl adjacent to an activating group) is 1. The number of alkyl carbamates (subject to hydrolysis) is 1. The number of amides is 1. The Morgan fingerprint density at radius 2 is 2.17 bits per heavy atom. The summed E-state index contributed by atoms with van der Waals surface area (Å²) in [7, 11) is 1.99. The molecule has 1 unspecified atom stereocenters. The van der Waals surface area contributed by atoms with Crippen LogP contribution >= 0.6 is 0 Å². The molecule has 18 heavy (non-hydrogen) atoms. The number of rotatable bonds is 5. The molecule has 1 heterocycles. The van der Waals surface area contributed by atoms with Gasteiger partial charge in [-0.2, -0.15) is 0 Å². The standard InChI is InChI=1S/C12H22N2O4/c1-8(2)10(11(15)16)13-12(17)18-7-9-5-4-6-14(9)3/h8-10H,4-7H2,1-3H3,(H,13,17)(H,15,16)/t9?,10-/m0/s1. The summed E-state index contributed by atoms with van der Waals surface area (Å²) < 4.78 is 5.07. The Kier molecular flexibility index (Phi) is 5.40. The van der Waals surface area contributed by atoms with E-state index in [1.807, 2.05) is 7.05 Å². The van der Waals surface area contributed by atoms with Gasteiger partial charge in [-0.15, -0.1) is 0 Å². The van der Waals surface area contributed by atoms with Gasteiger partial charge in [-0.25, -0.2) is 9.59 Å². The molecule has 0 bridgehead atoms. The van der Waals surface area contributed by atoms with E-state index in [1.54, 1.807) is 13.8 Å². The molecule has 1 amide bonds. The van der Waals surface area contributed by atoms with Crippen LogP contribution in [0.25, 0.3) is 0 Å². The molecule has 1 aliphatic heterocycles. The molecular weight excluding hydrogens is 236 g/mol. The van der Waals surface area contributed by atoms with Crippen molar-refractivity contribution >= 4 is 12.1 Å². The lowest BCUT2D eigenvalue weighted by atomic mass is 10.1. The van der Waals surface area contributed by atoms with Crippen molar-refractivity contribution in [2.75, 3.05) is 20.2 Å². The predicted molar refractivity (Wildman–Crippen MR) is 66.4 cm³/mol. The van der Waals surface area contributed by atoms with E-state index < -0.39 is 18.1 Å². The van der Waals surface area contributed by atoms with Gasteiger partial charge in [0.25, 0.3) is 0 Å². The fraction of sp³-hybridized carbons (Fsp3) is 0.833. The third-order valence-corrected chi connectivity index (χ3v) is 3.28. The molecule has 0 aromatic heterocycles. The Labute approximate surface area is 107 Å². The van der Waals surface area contributed by atoms with Crippen LogP contribution < -0.4 is 5.32 Å². The number of carbonyl (C=O) groups excluding carboxylic acids is 1. The summed E-state index contributed by atoms with van der Waals surface area (Å²) in [4.78, 5) is 24.6. The lowest BCUT2D eigenvalue weighted by molar-refractivity contribution is -0.140. The molecule has 0 aliphatic carbocycles. The van der Waals surface area contributed by atoms with Gasteiger partial charge >= 0.3 is 12.1 Å². The molecule has 0 saturated carbocycles. The summed E-state index contributed by atoms with van der Waals surface area (Å²) in [6.45, 7) is 4.81. The summed E-state index contributed by atoms with van der Waals surface area (Å²) in [5.74, 6) is -1.22. The zero-order chi connectivity index (χ0) is 13.7. The monoisotopic (exact) mass is 258 g/mol. The van der Waals surface area contributed by atoms with Crippen molar-refractivity contribution in [3.05, 3.63) is 0 Å². The molecule has 1 saturated heterocycles. The molecule has 0 aromatic rings. The van der Waals surface area contributed by atoms with Crippen molar-refractivity contribution in [2.45, 2.75) is 38.8 Å². The zero-order valence-electron chi connectivity index (χ0n) is 11.2. The molecule has 1 aliphatic rings. The Hall–Kier alpha value is -1.30. The first-order valence-electron chi connectivity index (χ1n) is 6.28. The van der Waals surface area contributed by atoms with Crippen molar-refractivity contribution in [2.24, 2.45) is 5.92 Å². The van der Waals surface area contributed by atoms with Crippen molar-refractivity contribution in [3.63, 3.8) is 0 Å². The fourth-order valence-corrected chi connectivity index (χ4v) is 2.04. The van der Waals surface area contributed by atoms with E-state index in [9.17, 15) is 9.59 Å². The molecular formula is C12H22N2O4. The van der Waals surface area contributed by atoms with E-state index in [2.05, 4.69) is 10.2 Å². The topological polar surface area (TPSA) is 78.9 Å². The highest BCUT2D eigenvalue weighted by Crippen LogP contribution is 2.14. The minimum Gasteiger partial charge on any atom is -0.480 e. The molecule has 6 nitrogen and oxygen atoms in total. The van der Waals surface area contributed by atoms with Crippen molar-refractivity contribution in [1.29, 1.82) is 0 Å². The van der Waals surface area contributed by atoms with Crippen LogP contribution in [-0.4, -0.2) is 54.4 Å². The molecule has 2 N–H and O–H groups in total. The highest BCUT2D eigenvalue weighted by molar-refractivity contribution is 5.80. The van der Waals surface area contributed by atoms with Gasteiger partial charge in [-0.1, -0.05) is 13.8 Å². The van der Waals surface area contributed by atoms with E-state index in [0.717, 1.165) is 19.4 Å². The van der Waals surface area contributed by atoms with Gasteiger partial charge < -0.3 is 20.1 Å². The fourth-order valence-electron chi connectivity index (χ4n) is 2.04. The second-order valence-electron chi connectivity index (χ2n) is 5.08. The summed E-state index contributed by atoms with van der Waals surface area (Å²) in [6.07, 6.45) is 1.46. The molecule has 0 spiro atoms. The number of carboxylic acid groups (broad SMARTS) is 1. The lowest BCUT2D eigenvalue weighted by Crippen LogP contribution is -2.45. The molecule has 2 atom stereocenters. The average Bonchev–Trinajstić information content (AvgIpc) is 2.68. The van der Waals surface area contributed by atoms with E-state index in [4.69, 9.17) is 9.84 Å². The number of nitrogens with zero attached hydrogens (tertiary/aromatic N) is 1. The first kappa shape index (κ1) is 14.8. The second kappa shape index (κ2) is 6.58. The van der Waals surface area contributed by atoms with E-state index in [-0.39, 0.29) is 12.0 Å². The third-order valence-electron chi connectivity index (χ3n) is 3.28. The predicted octanol–water partition coefficient (Wildman–Crippen LogP) is 0.916. The van der Waals surface area contributed by atoms with E-state index in [1.165, 1.54) is 0 Å². The maximum atomic E-state index is 11.5. The first-order chi connectivity index (χ1) is 8.41. The van der Waals surface area contributed by atoms with Crippen molar-refractivity contribution in [3.8, 4) is 0 Å². The first-order valence-corrected chi connectivity index (χ1v) is 6.28. The van der Waals surface area contributed by atoms with Crippen LogP contribution in [0.2, 0.25) is 0 Å². The third kappa shape index (κ3) is 4.18. The molecule has 6 heteroatoms. The van der Waals surface area contributed by atoms with Gasteiger partial charge in [0.15, 0.2) is 0 Å². The van der Waals surface area contributed by atoms with E-state index in [0.29, 0.717) is 6.61 Å². The molecule has 0 radical (unpaired) electrons. The van der Waals surface area contributed by atoms with Crippen LogP contribution in [0.5, 0.6) is 0 Å². The number of carboxylic acids is 1. The van der Waals surface area contributed by atoms with Gasteiger partial charge in [-0.05, 0) is 32.4 Å². The highest BCUT2D eigenvalue weighted by atomic mass is 16.5. The van der Waals surface area contributed by atoms with Crippen LogP contribution in [0.4, 0.5) is 4.79 Å².